The van der Waals surface area contributed by atoms with E-state index in [1.54, 1.807) is 60.7 Å². The van der Waals surface area contributed by atoms with Crippen LogP contribution in [0.25, 0.3) is 33.4 Å². The SMILES string of the molecule is CN(C)c1ccc(N=Nc2ccc(C(=O)CCCCCCCCCCC(=O)OCC3O[C@H](O[C@H]4OC(COC(=O)CCCCCCCCCCC(=S)Nc5ccc(-c6c7ccc(=O)cc-7oc7cc(O)ccc67)c(C(=O)O)c5)[C@@H](O)[C@H](O)C4O)[C@H](O)C(O)[C@@H]3O)cc2)cc1.CN(C)c1ccc(N=Nc2ccc(C(=O)ON3C(=O)CCC3=O)cc2)cc1. The van der Waals surface area contributed by atoms with Gasteiger partial charge >= 0.3 is 23.9 Å². The fourth-order valence-electron chi connectivity index (χ4n) is 13.8. The molecule has 2 amide bonds. The normalized spacial score (nSPS) is 19.7. The number of aromatic hydroxyl groups is 1. The van der Waals surface area contributed by atoms with E-state index in [9.17, 15) is 79.2 Å². The molecule has 0 aromatic heterocycles. The van der Waals surface area contributed by atoms with Gasteiger partial charge in [-0.25, -0.2) is 9.59 Å². The minimum Gasteiger partial charge on any atom is -0.508 e. The molecule has 3 saturated heterocycles. The number of aliphatic hydroxyl groups is 6. The number of hydroxylamine groups is 2. The first kappa shape index (κ1) is 92.1. The van der Waals surface area contributed by atoms with E-state index < -0.39 is 110 Å². The predicted molar refractivity (Wildman–Crippen MR) is 452 cm³/mol. The molecule has 4 unspecified atom stereocenters. The zero-order valence-electron chi connectivity index (χ0n) is 67.9. The molecule has 121 heavy (non-hydrogen) atoms. The van der Waals surface area contributed by atoms with Gasteiger partial charge in [-0.05, 0) is 171 Å². The van der Waals surface area contributed by atoms with Crippen LogP contribution in [0, 0.1) is 0 Å². The van der Waals surface area contributed by atoms with E-state index in [4.69, 9.17) is 45.2 Å². The minimum absolute atomic E-state index is 0.00865. The number of unbranched alkanes of at least 4 members (excludes halogenated alkanes) is 14. The molecule has 32 heteroatoms. The standard InChI is InChI=1S/C70H86N4O19S.C19H18N4O4/c1-74(2)46-30-27-44(28-31-46)73-72-43-25-23-42(24-26-43)53(77)19-15-11-7-3-5-9-13-17-21-59(78)88-40-56-62(80)64(82)66(84)69(91-56)93-70-67(85)65(83)63(81)57(92-70)41-89-60(79)22-18-14-10-6-4-8-12-16-20-58(94)71-45-29-34-49(52(37-45)68(86)87)61-50-35-32-47(75)38-54(50)90-55-39-48(76)33-36-51(55)61;1-22(2)16-9-7-15(8-10-16)21-20-14-5-3-13(4-6-14)19(26)27-23-17(24)11-12-18(23)25/h23-39,56-57,62-67,69-70,75,80-85H,3-22,40-41H2,1-2H3,(H,71,94)(H,86,87);3-10H,11-12H2,1-2H3/t56?,57?,62-,63-,64?,65+,66-,67?,69-,70-;/m1./s1. The van der Waals surface area contributed by atoms with E-state index in [0.29, 0.717) is 86.1 Å². The van der Waals surface area contributed by atoms with Gasteiger partial charge in [-0.1, -0.05) is 95.3 Å². The van der Waals surface area contributed by atoms with Crippen LogP contribution in [0.3, 0.4) is 0 Å². The number of carboxylic acids is 1. The maximum Gasteiger partial charge on any atom is 0.363 e. The van der Waals surface area contributed by atoms with Gasteiger partial charge < -0.3 is 88.9 Å². The van der Waals surface area contributed by atoms with Gasteiger partial charge in [-0.15, -0.1) is 5.06 Å². The van der Waals surface area contributed by atoms with Crippen molar-refractivity contribution in [3.05, 3.63) is 179 Å². The summed E-state index contributed by atoms with van der Waals surface area (Å²) >= 11 is 5.62. The number of phenolic OH excluding ortho intramolecular Hbond substituents is 1. The number of Topliss-reactive ketones (excluding diaryl/α,β-unsaturated/α-hetero) is 1. The number of imide groups is 1. The summed E-state index contributed by atoms with van der Waals surface area (Å²) in [5.41, 5.74) is 7.64. The largest absolute Gasteiger partial charge is 0.508 e. The summed E-state index contributed by atoms with van der Waals surface area (Å²) in [6.07, 6.45) is -2.18. The monoisotopic (exact) mass is 1680 g/mol. The van der Waals surface area contributed by atoms with E-state index >= 15 is 0 Å². The lowest BCUT2D eigenvalue weighted by Gasteiger charge is -2.44. The molecule has 4 aliphatic heterocycles. The number of amides is 2. The van der Waals surface area contributed by atoms with Crippen molar-refractivity contribution in [2.45, 2.75) is 203 Å². The Morgan fingerprint density at radius 2 is 0.917 bits per heavy atom. The van der Waals surface area contributed by atoms with Crippen molar-refractivity contribution in [2.75, 3.05) is 56.5 Å². The molecular formula is C89H104N8O23S. The first-order valence-electron chi connectivity index (χ1n) is 40.6. The number of benzene rings is 7. The van der Waals surface area contributed by atoms with Crippen LogP contribution in [0.15, 0.2) is 181 Å². The predicted octanol–water partition coefficient (Wildman–Crippen LogP) is 14.0. The van der Waals surface area contributed by atoms with Crippen LogP contribution in [0.1, 0.15) is 172 Å². The van der Waals surface area contributed by atoms with Gasteiger partial charge in [0.2, 0.25) is 0 Å². The number of azo groups is 2. The number of hydrogen-bond donors (Lipinski definition) is 9. The number of ether oxygens (including phenoxy) is 5. The number of nitrogens with one attached hydrogen (secondary N) is 1. The molecule has 9 N–H and O–H groups in total. The Labute approximate surface area is 704 Å². The molecule has 5 aliphatic rings. The molecule has 4 heterocycles. The molecule has 3 fully saturated rings. The lowest BCUT2D eigenvalue weighted by atomic mass is 9.90. The van der Waals surface area contributed by atoms with Gasteiger partial charge in [0.1, 0.15) is 79.1 Å². The Balaban J connectivity index is 0.000000479. The molecule has 11 rings (SSSR count). The van der Waals surface area contributed by atoms with Crippen LogP contribution in [0.4, 0.5) is 39.8 Å². The fraction of sp³-hybridized carbons (Fsp3) is 0.427. The van der Waals surface area contributed by atoms with Gasteiger partial charge in [0.15, 0.2) is 23.8 Å². The average Bonchev–Trinajstić information content (AvgIpc) is 0.838. The zero-order chi connectivity index (χ0) is 86.7. The first-order valence-corrected chi connectivity index (χ1v) is 41.0. The Hall–Kier alpha value is -11.2. The van der Waals surface area contributed by atoms with Crippen LogP contribution >= 0.6 is 12.2 Å². The van der Waals surface area contributed by atoms with E-state index in [1.807, 2.05) is 86.5 Å². The molecular weight excluding hydrogens is 1580 g/mol. The topological polar surface area (TPSA) is 438 Å². The van der Waals surface area contributed by atoms with Crippen molar-refractivity contribution in [1.82, 2.24) is 5.06 Å². The van der Waals surface area contributed by atoms with Gasteiger partial charge in [0.25, 0.3) is 11.8 Å². The molecule has 1 aliphatic carbocycles. The van der Waals surface area contributed by atoms with Crippen LogP contribution < -0.4 is 20.5 Å². The van der Waals surface area contributed by atoms with Crippen LogP contribution in [0.2, 0.25) is 0 Å². The van der Waals surface area contributed by atoms with E-state index in [2.05, 4.69) is 25.8 Å². The van der Waals surface area contributed by atoms with E-state index in [1.165, 1.54) is 42.5 Å². The number of carboxylic acid groups (broad SMARTS) is 1. The molecule has 0 radical (unpaired) electrons. The van der Waals surface area contributed by atoms with Crippen molar-refractivity contribution in [3.63, 3.8) is 0 Å². The highest BCUT2D eigenvalue weighted by molar-refractivity contribution is 7.80. The number of ketones is 1. The number of rotatable bonds is 40. The van der Waals surface area contributed by atoms with Crippen LogP contribution in [-0.2, 0) is 47.7 Å². The molecule has 10 atom stereocenters. The lowest BCUT2D eigenvalue weighted by Crippen LogP contribution is -2.64. The number of aliphatic hydroxyl groups excluding tert-OH is 6. The number of fused-ring (bicyclic) bond motifs is 2. The third-order valence-corrected chi connectivity index (χ3v) is 21.0. The van der Waals surface area contributed by atoms with Gasteiger partial charge in [0.05, 0.1) is 38.9 Å². The number of nitrogens with zero attached hydrogens (tertiary/aromatic N) is 7. The molecule has 0 saturated carbocycles. The fourth-order valence-corrected chi connectivity index (χ4v) is 14.0. The summed E-state index contributed by atoms with van der Waals surface area (Å²) in [5.74, 6) is -3.83. The number of esters is 2. The summed E-state index contributed by atoms with van der Waals surface area (Å²) < 4.78 is 33.6. The second kappa shape index (κ2) is 45.5. The molecule has 0 bridgehead atoms. The summed E-state index contributed by atoms with van der Waals surface area (Å²) in [4.78, 5) is 107. The highest BCUT2D eigenvalue weighted by Gasteiger charge is 2.50. The molecule has 6 aromatic carbocycles. The number of phenols is 1. The maximum absolute atomic E-state index is 12.8. The number of thiocarbonyl (C=S) groups is 1. The molecule has 0 spiro atoms. The Bertz CT molecular complexity index is 4900. The van der Waals surface area contributed by atoms with Crippen molar-refractivity contribution < 1.29 is 107 Å². The number of hydrogen-bond acceptors (Lipinski definition) is 29. The van der Waals surface area contributed by atoms with Crippen molar-refractivity contribution >= 4 is 109 Å². The molecule has 31 nitrogen and oxygen atoms in total. The third kappa shape index (κ3) is 26.9. The summed E-state index contributed by atoms with van der Waals surface area (Å²) in [6.45, 7) is -1.02. The summed E-state index contributed by atoms with van der Waals surface area (Å²) in [5, 5.41) is 106. The first-order chi connectivity index (χ1) is 58.2. The Morgan fingerprint density at radius 3 is 1.38 bits per heavy atom. The van der Waals surface area contributed by atoms with Crippen molar-refractivity contribution in [2.24, 2.45) is 20.5 Å². The summed E-state index contributed by atoms with van der Waals surface area (Å²) in [6, 6.07) is 42.4. The number of anilines is 3. The Kier molecular flexibility index (Phi) is 34.6. The average molecular weight is 1690 g/mol. The number of aromatic carboxylic acids is 1. The minimum atomic E-state index is -1.88. The van der Waals surface area contributed by atoms with Crippen LogP contribution in [0.5, 0.6) is 5.75 Å². The highest BCUT2D eigenvalue weighted by Crippen LogP contribution is 2.43. The third-order valence-electron chi connectivity index (χ3n) is 20.7. The summed E-state index contributed by atoms with van der Waals surface area (Å²) in [7, 11) is 7.86. The van der Waals surface area contributed by atoms with E-state index in [0.717, 1.165) is 107 Å². The second-order valence-electron chi connectivity index (χ2n) is 30.3. The maximum atomic E-state index is 12.8. The van der Waals surface area contributed by atoms with Gasteiger partial charge in [0, 0.05) is 112 Å². The second-order valence-corrected chi connectivity index (χ2v) is 30.8. The molecule has 6 aromatic rings. The number of carbonyl (C=O) groups is 7. The zero-order valence-corrected chi connectivity index (χ0v) is 68.7. The van der Waals surface area contributed by atoms with Crippen LogP contribution in [-0.4, -0.2) is 195 Å². The smallest absolute Gasteiger partial charge is 0.363 e. The van der Waals surface area contributed by atoms with Gasteiger partial charge in [-0.2, -0.15) is 20.5 Å². The van der Waals surface area contributed by atoms with Crippen molar-refractivity contribution in [3.8, 4) is 28.2 Å². The Morgan fingerprint density at radius 1 is 0.488 bits per heavy atom. The van der Waals surface area contributed by atoms with Gasteiger partial charge in [-0.3, -0.25) is 28.8 Å². The quantitative estimate of drug-likeness (QED) is 0.00327. The van der Waals surface area contributed by atoms with Crippen molar-refractivity contribution in [1.29, 1.82) is 0 Å². The van der Waals surface area contributed by atoms with E-state index in [-0.39, 0.29) is 65.1 Å². The number of carbonyl (C=O) groups excluding carboxylic acids is 6. The highest BCUT2D eigenvalue weighted by atomic mass is 32.1. The lowest BCUT2D eigenvalue weighted by molar-refractivity contribution is -0.376. The molecule has 644 valence electrons.